The van der Waals surface area contributed by atoms with Crippen LogP contribution in [-0.4, -0.2) is 19.1 Å². The molecule has 0 saturated heterocycles. The highest BCUT2D eigenvalue weighted by Crippen LogP contribution is 2.33. The Morgan fingerprint density at radius 2 is 2.06 bits per heavy atom. The van der Waals surface area contributed by atoms with Crippen molar-refractivity contribution < 1.29 is 0 Å². The fourth-order valence-electron chi connectivity index (χ4n) is 2.46. The molecular weight excluding hydrogens is 208 g/mol. The lowest BCUT2D eigenvalue weighted by molar-refractivity contribution is 0.557. The average molecular weight is 232 g/mol. The molecule has 0 unspecified atom stereocenters. The van der Waals surface area contributed by atoms with Crippen LogP contribution in [0.4, 0.5) is 5.69 Å². The lowest BCUT2D eigenvalue weighted by atomic mass is 10.1. The third-order valence-corrected chi connectivity index (χ3v) is 3.63. The fourth-order valence-corrected chi connectivity index (χ4v) is 2.46. The Bertz CT molecular complexity index is 358. The molecule has 2 N–H and O–H groups in total. The van der Waals surface area contributed by atoms with Crippen molar-refractivity contribution in [3.63, 3.8) is 0 Å². The molecule has 1 aromatic rings. The highest BCUT2D eigenvalue weighted by Gasteiger charge is 2.24. The van der Waals surface area contributed by atoms with Crippen LogP contribution in [0.15, 0.2) is 24.3 Å². The molecule has 0 heterocycles. The Labute approximate surface area is 105 Å². The topological polar surface area (TPSA) is 29.3 Å². The maximum Gasteiger partial charge on any atom is 0.0396 e. The van der Waals surface area contributed by atoms with Gasteiger partial charge < -0.3 is 10.6 Å². The van der Waals surface area contributed by atoms with Gasteiger partial charge in [0.2, 0.25) is 0 Å². The van der Waals surface area contributed by atoms with Crippen LogP contribution in [0, 0.1) is 12.8 Å². The second-order valence-electron chi connectivity index (χ2n) is 5.26. The summed E-state index contributed by atoms with van der Waals surface area (Å²) in [6.07, 6.45) is 3.98. The van der Waals surface area contributed by atoms with Crippen LogP contribution >= 0.6 is 0 Å². The van der Waals surface area contributed by atoms with Gasteiger partial charge in [-0.2, -0.15) is 0 Å². The van der Waals surface area contributed by atoms with Crippen molar-refractivity contribution in [1.82, 2.24) is 0 Å². The minimum Gasteiger partial charge on any atom is -0.370 e. The van der Waals surface area contributed by atoms with E-state index in [0.717, 1.165) is 19.0 Å². The minimum atomic E-state index is 0.321. The van der Waals surface area contributed by atoms with E-state index in [2.05, 4.69) is 43.0 Å². The van der Waals surface area contributed by atoms with Gasteiger partial charge in [-0.05, 0) is 37.8 Å². The molecule has 0 amide bonds. The molecule has 0 spiro atoms. The first-order valence-electron chi connectivity index (χ1n) is 6.77. The van der Waals surface area contributed by atoms with Crippen LogP contribution in [0.1, 0.15) is 31.7 Å². The van der Waals surface area contributed by atoms with Crippen molar-refractivity contribution in [1.29, 1.82) is 0 Å². The Hall–Kier alpha value is -1.02. The van der Waals surface area contributed by atoms with Gasteiger partial charge in [0.05, 0.1) is 0 Å². The normalized spacial score (nSPS) is 16.9. The Morgan fingerprint density at radius 3 is 2.65 bits per heavy atom. The molecule has 2 rings (SSSR count). The number of rotatable bonds is 6. The zero-order valence-corrected chi connectivity index (χ0v) is 11.0. The minimum absolute atomic E-state index is 0.321. The summed E-state index contributed by atoms with van der Waals surface area (Å²) in [5.74, 6) is 0.917. The van der Waals surface area contributed by atoms with Gasteiger partial charge in [0.1, 0.15) is 0 Å². The molecule has 1 aromatic carbocycles. The molecule has 17 heavy (non-hydrogen) atoms. The molecule has 1 aliphatic rings. The molecule has 0 bridgehead atoms. The zero-order valence-electron chi connectivity index (χ0n) is 11.0. The third kappa shape index (κ3) is 3.47. The van der Waals surface area contributed by atoms with Gasteiger partial charge in [-0.1, -0.05) is 31.0 Å². The number of aryl methyl sites for hydroxylation is 1. The molecule has 0 aliphatic heterocycles. The van der Waals surface area contributed by atoms with Crippen LogP contribution in [0.2, 0.25) is 0 Å². The van der Waals surface area contributed by atoms with Crippen LogP contribution in [-0.2, 0) is 0 Å². The molecule has 1 aliphatic carbocycles. The van der Waals surface area contributed by atoms with Crippen molar-refractivity contribution in [2.24, 2.45) is 11.7 Å². The molecular formula is C15H24N2. The van der Waals surface area contributed by atoms with Crippen LogP contribution < -0.4 is 10.6 Å². The van der Waals surface area contributed by atoms with Crippen molar-refractivity contribution in [3.8, 4) is 0 Å². The number of anilines is 1. The van der Waals surface area contributed by atoms with Gasteiger partial charge in [-0.25, -0.2) is 0 Å². The largest absolute Gasteiger partial charge is 0.370 e. The molecule has 2 heteroatoms. The third-order valence-electron chi connectivity index (χ3n) is 3.63. The number of nitrogens with zero attached hydrogens (tertiary/aromatic N) is 1. The summed E-state index contributed by atoms with van der Waals surface area (Å²) in [6.45, 7) is 6.39. The maximum atomic E-state index is 6.24. The molecule has 1 atom stereocenters. The molecule has 1 saturated carbocycles. The van der Waals surface area contributed by atoms with E-state index >= 15 is 0 Å². The van der Waals surface area contributed by atoms with E-state index in [4.69, 9.17) is 5.73 Å². The van der Waals surface area contributed by atoms with Gasteiger partial charge in [0.25, 0.3) is 0 Å². The Balaban J connectivity index is 1.97. The van der Waals surface area contributed by atoms with Gasteiger partial charge in [-0.15, -0.1) is 0 Å². The van der Waals surface area contributed by atoms with Gasteiger partial charge in [-0.3, -0.25) is 0 Å². The van der Waals surface area contributed by atoms with Crippen molar-refractivity contribution >= 4 is 5.69 Å². The quantitative estimate of drug-likeness (QED) is 0.817. The average Bonchev–Trinajstić information content (AvgIpc) is 3.11. The molecule has 1 fully saturated rings. The second-order valence-corrected chi connectivity index (χ2v) is 5.26. The van der Waals surface area contributed by atoms with Crippen LogP contribution in [0.25, 0.3) is 0 Å². The summed E-state index contributed by atoms with van der Waals surface area (Å²) < 4.78 is 0. The summed E-state index contributed by atoms with van der Waals surface area (Å²) in [7, 11) is 0. The van der Waals surface area contributed by atoms with Gasteiger partial charge in [0.15, 0.2) is 0 Å². The molecule has 94 valence electrons. The van der Waals surface area contributed by atoms with Gasteiger partial charge in [0, 0.05) is 24.8 Å². The Kier molecular flexibility index (Phi) is 4.06. The first-order valence-corrected chi connectivity index (χ1v) is 6.77. The predicted molar refractivity (Wildman–Crippen MR) is 74.4 cm³/mol. The number of likely N-dealkylation sites (N-methyl/N-ethyl adjacent to an activating group) is 1. The number of hydrogen-bond donors (Lipinski definition) is 1. The van der Waals surface area contributed by atoms with E-state index in [9.17, 15) is 0 Å². The highest BCUT2D eigenvalue weighted by atomic mass is 15.1. The molecule has 0 aromatic heterocycles. The van der Waals surface area contributed by atoms with E-state index in [0.29, 0.717) is 6.04 Å². The van der Waals surface area contributed by atoms with E-state index in [1.165, 1.54) is 30.5 Å². The highest BCUT2D eigenvalue weighted by molar-refractivity contribution is 5.52. The van der Waals surface area contributed by atoms with E-state index in [1.807, 2.05) is 0 Å². The molecule has 0 radical (unpaired) electrons. The summed E-state index contributed by atoms with van der Waals surface area (Å²) in [4.78, 5) is 2.41. The summed E-state index contributed by atoms with van der Waals surface area (Å²) in [5.41, 5.74) is 8.91. The van der Waals surface area contributed by atoms with Crippen molar-refractivity contribution in [3.05, 3.63) is 29.8 Å². The number of nitrogens with two attached hydrogens (primary N) is 1. The predicted octanol–water partition coefficient (Wildman–Crippen LogP) is 2.95. The summed E-state index contributed by atoms with van der Waals surface area (Å²) in [5, 5.41) is 0. The first kappa shape index (κ1) is 12.4. The summed E-state index contributed by atoms with van der Waals surface area (Å²) >= 11 is 0. The van der Waals surface area contributed by atoms with E-state index < -0.39 is 0 Å². The van der Waals surface area contributed by atoms with Gasteiger partial charge >= 0.3 is 0 Å². The maximum absolute atomic E-state index is 6.24. The Morgan fingerprint density at radius 1 is 1.35 bits per heavy atom. The van der Waals surface area contributed by atoms with Crippen LogP contribution in [0.5, 0.6) is 0 Å². The van der Waals surface area contributed by atoms with Crippen LogP contribution in [0.3, 0.4) is 0 Å². The van der Waals surface area contributed by atoms with E-state index in [1.54, 1.807) is 0 Å². The second kappa shape index (κ2) is 5.54. The van der Waals surface area contributed by atoms with E-state index in [-0.39, 0.29) is 0 Å². The smallest absolute Gasteiger partial charge is 0.0396 e. The lowest BCUT2D eigenvalue weighted by Gasteiger charge is -2.28. The van der Waals surface area contributed by atoms with Crippen molar-refractivity contribution in [2.45, 2.75) is 39.2 Å². The number of para-hydroxylation sites is 1. The number of benzene rings is 1. The monoisotopic (exact) mass is 232 g/mol. The zero-order chi connectivity index (χ0) is 12.3. The standard InChI is InChI=1S/C15H24N2/c1-3-17(11-14(16)10-13-8-9-13)15-7-5-4-6-12(15)2/h4-7,13-14H,3,8-11,16H2,1-2H3/t14-/m0/s1. The lowest BCUT2D eigenvalue weighted by Crippen LogP contribution is -2.38. The first-order chi connectivity index (χ1) is 8.20. The molecule has 2 nitrogen and oxygen atoms in total. The number of hydrogen-bond acceptors (Lipinski definition) is 2. The summed E-state index contributed by atoms with van der Waals surface area (Å²) in [6, 6.07) is 8.89. The fraction of sp³-hybridized carbons (Fsp3) is 0.600. The SMILES string of the molecule is CCN(C[C@@H](N)CC1CC1)c1ccccc1C. The van der Waals surface area contributed by atoms with Crippen molar-refractivity contribution in [2.75, 3.05) is 18.0 Å².